The third-order valence-corrected chi connectivity index (χ3v) is 6.89. The van der Waals surface area contributed by atoms with Gasteiger partial charge >= 0.3 is 17.8 Å². The topological polar surface area (TPSA) is 156 Å². The van der Waals surface area contributed by atoms with E-state index in [-0.39, 0.29) is 30.0 Å². The van der Waals surface area contributed by atoms with Gasteiger partial charge in [0.25, 0.3) is 5.56 Å². The van der Waals surface area contributed by atoms with Crippen molar-refractivity contribution >= 4 is 40.5 Å². The molecule has 13 heteroatoms. The molecule has 0 aliphatic heterocycles. The highest BCUT2D eigenvalue weighted by Crippen LogP contribution is 2.21. The summed E-state index contributed by atoms with van der Waals surface area (Å²) < 4.78 is 8.07. The number of carbonyl (C=O) groups excluding carboxylic acids is 2. The molecular formula is C32H34N8O5. The number of aryl methyl sites for hydroxylation is 1. The van der Waals surface area contributed by atoms with Crippen LogP contribution in [0.2, 0.25) is 0 Å². The molecule has 0 radical (unpaired) electrons. The van der Waals surface area contributed by atoms with E-state index in [1.165, 1.54) is 20.2 Å². The van der Waals surface area contributed by atoms with Crippen molar-refractivity contribution in [2.45, 2.75) is 39.8 Å². The molecule has 0 atom stereocenters. The van der Waals surface area contributed by atoms with E-state index in [2.05, 4.69) is 25.6 Å². The Morgan fingerprint density at radius 3 is 2.13 bits per heavy atom. The molecule has 3 amide bonds. The lowest BCUT2D eigenvalue weighted by Gasteiger charge is -2.22. The molecule has 0 fully saturated rings. The van der Waals surface area contributed by atoms with Crippen LogP contribution < -0.4 is 26.8 Å². The van der Waals surface area contributed by atoms with Crippen LogP contribution in [0.25, 0.3) is 22.6 Å². The minimum Gasteiger partial charge on any atom is -0.447 e. The van der Waals surface area contributed by atoms with Gasteiger partial charge in [-0.25, -0.2) is 24.4 Å². The first-order valence-electron chi connectivity index (χ1n) is 14.7. The number of amides is 3. The van der Waals surface area contributed by atoms with Crippen LogP contribution in [0.1, 0.15) is 26.7 Å². The van der Waals surface area contributed by atoms with Gasteiger partial charge in [0.15, 0.2) is 5.65 Å². The number of urea groups is 1. The number of nitrogens with one attached hydrogen (secondary N) is 3. The molecule has 0 spiro atoms. The first kappa shape index (κ1) is 30.7. The summed E-state index contributed by atoms with van der Waals surface area (Å²) in [5.41, 5.74) is 1.43. The second-order valence-electron chi connectivity index (χ2n) is 10.2. The maximum absolute atomic E-state index is 13.3. The van der Waals surface area contributed by atoms with E-state index in [1.54, 1.807) is 60.7 Å². The molecule has 3 N–H and O–H groups in total. The maximum Gasteiger partial charge on any atom is 0.411 e. The zero-order valence-electron chi connectivity index (χ0n) is 25.0. The number of benzene rings is 2. The number of para-hydroxylation sites is 2. The molecule has 232 valence electrons. The van der Waals surface area contributed by atoms with Gasteiger partial charge in [-0.15, -0.1) is 0 Å². The summed E-state index contributed by atoms with van der Waals surface area (Å²) in [6, 6.07) is 20.7. The number of hydrogen-bond donors (Lipinski definition) is 3. The molecule has 3 heterocycles. The third kappa shape index (κ3) is 7.09. The maximum atomic E-state index is 13.3. The van der Waals surface area contributed by atoms with E-state index < -0.39 is 17.7 Å². The summed E-state index contributed by atoms with van der Waals surface area (Å²) in [4.78, 5) is 65.3. The monoisotopic (exact) mass is 610 g/mol. The summed E-state index contributed by atoms with van der Waals surface area (Å²) in [7, 11) is 0. The average molecular weight is 611 g/mol. The highest BCUT2D eigenvalue weighted by molar-refractivity contribution is 6.01. The number of anilines is 3. The fraction of sp³-hybridized carbons (Fsp3) is 0.250. The number of pyridine rings is 1. The van der Waals surface area contributed by atoms with Crippen molar-refractivity contribution in [1.82, 2.24) is 24.1 Å². The lowest BCUT2D eigenvalue weighted by Crippen LogP contribution is -2.40. The van der Waals surface area contributed by atoms with Crippen LogP contribution in [0.4, 0.5) is 26.8 Å². The summed E-state index contributed by atoms with van der Waals surface area (Å²) >= 11 is 0. The standard InChI is InChI=1S/C32H34N8O5/c1-3-17-39-28-26(29(41)40(18-4-2)32(39)44)36-27(37-28)22-15-16-25(33-21-22)38(30(42)34-23-11-7-5-8-12-23)19-20-45-31(43)35-24-13-9-6-10-14-24/h5-16,21H,3-4,17-20H2,1-2H3,(H,34,42)(H,35,43)(H,36,37). The lowest BCUT2D eigenvalue weighted by molar-refractivity contribution is 0.164. The molecule has 13 nitrogen and oxygen atoms in total. The number of fused-ring (bicyclic) bond motifs is 1. The van der Waals surface area contributed by atoms with E-state index >= 15 is 0 Å². The van der Waals surface area contributed by atoms with Gasteiger partial charge in [-0.1, -0.05) is 50.2 Å². The Bertz CT molecular complexity index is 1880. The predicted octanol–water partition coefficient (Wildman–Crippen LogP) is 5.06. The quantitative estimate of drug-likeness (QED) is 0.189. The molecule has 5 rings (SSSR count). The fourth-order valence-corrected chi connectivity index (χ4v) is 4.77. The molecule has 0 saturated carbocycles. The average Bonchev–Trinajstić information content (AvgIpc) is 3.50. The van der Waals surface area contributed by atoms with Crippen molar-refractivity contribution in [2.75, 3.05) is 28.7 Å². The summed E-state index contributed by atoms with van der Waals surface area (Å²) in [6.45, 7) is 4.48. The largest absolute Gasteiger partial charge is 0.447 e. The number of nitrogens with zero attached hydrogens (tertiary/aromatic N) is 5. The number of ether oxygens (including phenoxy) is 1. The van der Waals surface area contributed by atoms with Crippen LogP contribution in [-0.4, -0.2) is 49.4 Å². The van der Waals surface area contributed by atoms with Crippen molar-refractivity contribution < 1.29 is 14.3 Å². The molecule has 0 aliphatic rings. The minimum absolute atomic E-state index is 0.0120. The first-order chi connectivity index (χ1) is 21.9. The smallest absolute Gasteiger partial charge is 0.411 e. The van der Waals surface area contributed by atoms with Crippen LogP contribution in [0.5, 0.6) is 0 Å². The molecule has 45 heavy (non-hydrogen) atoms. The van der Waals surface area contributed by atoms with Gasteiger partial charge in [0, 0.05) is 36.2 Å². The summed E-state index contributed by atoms with van der Waals surface area (Å²) in [5.74, 6) is 0.657. The molecule has 5 aromatic rings. The molecule has 0 unspecified atom stereocenters. The van der Waals surface area contributed by atoms with E-state index in [1.807, 2.05) is 26.0 Å². The molecular weight excluding hydrogens is 576 g/mol. The summed E-state index contributed by atoms with van der Waals surface area (Å²) in [5, 5.41) is 5.47. The first-order valence-corrected chi connectivity index (χ1v) is 14.7. The van der Waals surface area contributed by atoms with Crippen LogP contribution in [0.15, 0.2) is 88.6 Å². The molecule has 0 bridgehead atoms. The lowest BCUT2D eigenvalue weighted by atomic mass is 10.2. The van der Waals surface area contributed by atoms with Crippen molar-refractivity contribution in [2.24, 2.45) is 0 Å². The Hall–Kier alpha value is -5.72. The van der Waals surface area contributed by atoms with Gasteiger partial charge in [0.05, 0.1) is 6.54 Å². The van der Waals surface area contributed by atoms with E-state index in [0.29, 0.717) is 54.5 Å². The predicted molar refractivity (Wildman–Crippen MR) is 173 cm³/mol. The zero-order valence-corrected chi connectivity index (χ0v) is 25.0. The number of aromatic amines is 1. The zero-order chi connectivity index (χ0) is 31.8. The van der Waals surface area contributed by atoms with E-state index in [4.69, 9.17) is 4.74 Å². The third-order valence-electron chi connectivity index (χ3n) is 6.89. The second kappa shape index (κ2) is 14.2. The van der Waals surface area contributed by atoms with Crippen molar-refractivity contribution in [3.63, 3.8) is 0 Å². The van der Waals surface area contributed by atoms with Gasteiger partial charge in [-0.3, -0.25) is 24.1 Å². The molecule has 0 saturated heterocycles. The Morgan fingerprint density at radius 2 is 1.51 bits per heavy atom. The normalized spacial score (nSPS) is 10.9. The number of carbonyl (C=O) groups is 2. The molecule has 2 aromatic carbocycles. The Morgan fingerprint density at radius 1 is 0.867 bits per heavy atom. The number of aromatic nitrogens is 5. The van der Waals surface area contributed by atoms with Crippen LogP contribution in [0, 0.1) is 0 Å². The number of H-pyrrole nitrogens is 1. The van der Waals surface area contributed by atoms with E-state index in [0.717, 1.165) is 0 Å². The SMILES string of the molecule is CCCn1c(=O)c2[nH]c(-c3ccc(N(CCOC(=O)Nc4ccccc4)C(=O)Nc4ccccc4)nc3)nc2n(CCC)c1=O. The minimum atomic E-state index is -0.655. The number of rotatable bonds is 11. The van der Waals surface area contributed by atoms with Gasteiger partial charge in [-0.05, 0) is 49.2 Å². The second-order valence-corrected chi connectivity index (χ2v) is 10.2. The highest BCUT2D eigenvalue weighted by atomic mass is 16.5. The van der Waals surface area contributed by atoms with Crippen LogP contribution >= 0.6 is 0 Å². The Labute approximate surface area is 258 Å². The molecule has 0 aliphatic carbocycles. The van der Waals surface area contributed by atoms with Crippen molar-refractivity contribution in [1.29, 1.82) is 0 Å². The fourth-order valence-electron chi connectivity index (χ4n) is 4.77. The van der Waals surface area contributed by atoms with E-state index in [9.17, 15) is 19.2 Å². The van der Waals surface area contributed by atoms with Gasteiger partial charge in [0.1, 0.15) is 23.8 Å². The van der Waals surface area contributed by atoms with Crippen LogP contribution in [-0.2, 0) is 17.8 Å². The van der Waals surface area contributed by atoms with Crippen molar-refractivity contribution in [3.05, 3.63) is 99.8 Å². The van der Waals surface area contributed by atoms with Crippen molar-refractivity contribution in [3.8, 4) is 11.4 Å². The van der Waals surface area contributed by atoms with Gasteiger partial charge in [0.2, 0.25) is 0 Å². The Balaban J connectivity index is 1.39. The number of imidazole rings is 1. The molecule has 3 aromatic heterocycles. The number of hydrogen-bond acceptors (Lipinski definition) is 7. The Kier molecular flexibility index (Phi) is 9.67. The highest BCUT2D eigenvalue weighted by Gasteiger charge is 2.20. The summed E-state index contributed by atoms with van der Waals surface area (Å²) in [6.07, 6.45) is 2.19. The van der Waals surface area contributed by atoms with Gasteiger partial charge < -0.3 is 15.0 Å². The van der Waals surface area contributed by atoms with Gasteiger partial charge in [-0.2, -0.15) is 0 Å². The van der Waals surface area contributed by atoms with Crippen LogP contribution in [0.3, 0.4) is 0 Å².